The molecule has 8 rings (SSSR count). The third-order valence-corrected chi connectivity index (χ3v) is 12.3. The average Bonchev–Trinajstić information content (AvgIpc) is 3.76. The van der Waals surface area contributed by atoms with E-state index in [0.29, 0.717) is 24.4 Å². The van der Waals surface area contributed by atoms with E-state index in [1.54, 1.807) is 36.3 Å². The molecular formula is C34H41NO13. The summed E-state index contributed by atoms with van der Waals surface area (Å²) in [6, 6.07) is 7.02. The van der Waals surface area contributed by atoms with Gasteiger partial charge in [0, 0.05) is 19.0 Å². The van der Waals surface area contributed by atoms with Crippen molar-refractivity contribution in [3.05, 3.63) is 29.8 Å². The topological polar surface area (TPSA) is 177 Å². The molecule has 0 bridgehead atoms. The molecule has 2 N–H and O–H groups in total. The highest BCUT2D eigenvalue weighted by Gasteiger charge is 3.05. The van der Waals surface area contributed by atoms with E-state index in [0.717, 1.165) is 19.3 Å². The van der Waals surface area contributed by atoms with Crippen LogP contribution in [-0.4, -0.2) is 107 Å². The molecule has 1 aromatic carbocycles. The summed E-state index contributed by atoms with van der Waals surface area (Å²) < 4.78 is 42.3. The van der Waals surface area contributed by atoms with Crippen molar-refractivity contribution in [2.75, 3.05) is 20.2 Å². The Morgan fingerprint density at radius 1 is 1.00 bits per heavy atom. The van der Waals surface area contributed by atoms with Gasteiger partial charge in [-0.1, -0.05) is 32.9 Å². The smallest absolute Gasteiger partial charge is 0.410 e. The SMILES string of the molecule is COc1ccc(CO[C@H]2C(=O)OC3OC45C(=O)OC6[C@H](OC(=O)N7CCCCC7)[C@@H](C(C)(C)C)C32C64[C@@H](O)C2OC(=O)[C@@H](C)[C@@]25O)cc1. The lowest BCUT2D eigenvalue weighted by Crippen LogP contribution is -2.67. The molecule has 2 saturated carbocycles. The summed E-state index contributed by atoms with van der Waals surface area (Å²) in [5.41, 5.74) is -8.81. The fraction of sp³-hybridized carbons (Fsp3) is 0.706. The van der Waals surface area contributed by atoms with Crippen molar-refractivity contribution in [1.29, 1.82) is 0 Å². The first-order chi connectivity index (χ1) is 22.7. The molecule has 5 heterocycles. The standard InChI is InChI=1S/C34H41NO13/c1-16-25(37)45-23-21(36)32-22-19(44-29(40)35-13-7-6-8-14-35)20(30(2,3)4)31(32)24(43-15-17-9-11-18(42-5)12-10-17)26(38)47-28(31)48-34(32,27(39)46-22)33(16,23)41/h9-12,16,19-24,28,36,41H,6-8,13-15H2,1-5H3/t16-,19-,20+,21+,22?,23?,24+,28?,31?,32?,33-,34?/m1/s1. The Kier molecular flexibility index (Phi) is 6.66. The molecule has 5 saturated heterocycles. The minimum Gasteiger partial charge on any atom is -0.497 e. The number of amides is 1. The van der Waals surface area contributed by atoms with Gasteiger partial charge in [0.05, 0.1) is 30.5 Å². The second-order valence-corrected chi connectivity index (χ2v) is 15.3. The number of carbonyl (C=O) groups excluding carboxylic acids is 4. The molecule has 2 aliphatic carbocycles. The van der Waals surface area contributed by atoms with Crippen LogP contribution in [0.15, 0.2) is 24.3 Å². The fourth-order valence-corrected chi connectivity index (χ4v) is 10.7. The molecule has 2 spiro atoms. The third-order valence-electron chi connectivity index (χ3n) is 12.3. The summed E-state index contributed by atoms with van der Waals surface area (Å²) in [4.78, 5) is 56.8. The second kappa shape index (κ2) is 10.1. The summed E-state index contributed by atoms with van der Waals surface area (Å²) in [5.74, 6) is -4.33. The van der Waals surface area contributed by atoms with Crippen molar-refractivity contribution in [3.8, 4) is 5.75 Å². The number of hydrogen-bond donors (Lipinski definition) is 2. The molecule has 0 radical (unpaired) electrons. The number of ether oxygens (including phenoxy) is 7. The molecule has 12 atom stereocenters. The van der Waals surface area contributed by atoms with Crippen LogP contribution in [0.25, 0.3) is 0 Å². The summed E-state index contributed by atoms with van der Waals surface area (Å²) in [6.45, 7) is 7.91. The highest BCUT2D eigenvalue weighted by Crippen LogP contribution is 2.85. The first-order valence-corrected chi connectivity index (χ1v) is 16.6. The van der Waals surface area contributed by atoms with E-state index in [-0.39, 0.29) is 6.61 Å². The van der Waals surface area contributed by atoms with Crippen molar-refractivity contribution in [2.45, 2.75) is 102 Å². The first kappa shape index (κ1) is 31.8. The van der Waals surface area contributed by atoms with Gasteiger partial charge >= 0.3 is 24.0 Å². The van der Waals surface area contributed by atoms with E-state index in [1.165, 1.54) is 6.92 Å². The lowest BCUT2D eigenvalue weighted by atomic mass is 9.51. The fourth-order valence-electron chi connectivity index (χ4n) is 10.7. The van der Waals surface area contributed by atoms with E-state index in [4.69, 9.17) is 33.2 Å². The van der Waals surface area contributed by atoms with Gasteiger partial charge in [-0.05, 0) is 49.3 Å². The zero-order chi connectivity index (χ0) is 34.2. The van der Waals surface area contributed by atoms with E-state index in [2.05, 4.69) is 0 Å². The minimum absolute atomic E-state index is 0.0922. The highest BCUT2D eigenvalue weighted by atomic mass is 16.8. The predicted octanol–water partition coefficient (Wildman–Crippen LogP) is 1.46. The van der Waals surface area contributed by atoms with Crippen molar-refractivity contribution < 1.29 is 62.5 Å². The van der Waals surface area contributed by atoms with Crippen LogP contribution in [0.1, 0.15) is 52.5 Å². The number of rotatable bonds is 5. The number of likely N-dealkylation sites (tertiary alicyclic amines) is 1. The molecule has 14 nitrogen and oxygen atoms in total. The summed E-state index contributed by atoms with van der Waals surface area (Å²) in [5, 5.41) is 25.1. The number of hydrogen-bond acceptors (Lipinski definition) is 13. The Labute approximate surface area is 276 Å². The monoisotopic (exact) mass is 671 g/mol. The van der Waals surface area contributed by atoms with Gasteiger partial charge in [-0.15, -0.1) is 0 Å². The normalized spacial score (nSPS) is 45.2. The maximum absolute atomic E-state index is 14.4. The molecule has 7 fully saturated rings. The van der Waals surface area contributed by atoms with E-state index in [1.807, 2.05) is 20.8 Å². The molecule has 14 heteroatoms. The highest BCUT2D eigenvalue weighted by molar-refractivity contribution is 5.94. The van der Waals surface area contributed by atoms with Crippen LogP contribution in [0.4, 0.5) is 4.79 Å². The second-order valence-electron chi connectivity index (χ2n) is 15.3. The van der Waals surface area contributed by atoms with Crippen LogP contribution >= 0.6 is 0 Å². The number of fused-ring (bicyclic) bond motifs is 1. The Morgan fingerprint density at radius 2 is 1.69 bits per heavy atom. The van der Waals surface area contributed by atoms with Crippen LogP contribution in [0.5, 0.6) is 5.75 Å². The number of aliphatic hydroxyl groups is 2. The zero-order valence-electron chi connectivity index (χ0n) is 27.5. The molecule has 260 valence electrons. The van der Waals surface area contributed by atoms with Gasteiger partial charge in [0.15, 0.2) is 23.9 Å². The average molecular weight is 672 g/mol. The molecule has 7 aliphatic rings. The molecular weight excluding hydrogens is 630 g/mol. The van der Waals surface area contributed by atoms with Gasteiger partial charge in [-0.2, -0.15) is 0 Å². The van der Waals surface area contributed by atoms with Crippen LogP contribution in [0.2, 0.25) is 0 Å². The van der Waals surface area contributed by atoms with E-state index >= 15 is 0 Å². The maximum Gasteiger partial charge on any atom is 0.410 e. The Hall–Kier alpha value is -3.46. The number of nitrogens with zero attached hydrogens (tertiary/aromatic N) is 1. The Balaban J connectivity index is 1.33. The number of piperidine rings is 1. The van der Waals surface area contributed by atoms with Gasteiger partial charge in [-0.25, -0.2) is 14.4 Å². The molecule has 6 unspecified atom stereocenters. The van der Waals surface area contributed by atoms with Crippen molar-refractivity contribution >= 4 is 24.0 Å². The predicted molar refractivity (Wildman–Crippen MR) is 159 cm³/mol. The lowest BCUT2D eigenvalue weighted by molar-refractivity contribution is -0.240. The summed E-state index contributed by atoms with van der Waals surface area (Å²) in [7, 11) is 1.54. The van der Waals surface area contributed by atoms with Crippen molar-refractivity contribution in [3.63, 3.8) is 0 Å². The molecule has 1 amide bonds. The molecule has 1 aromatic rings. The van der Waals surface area contributed by atoms with Crippen LogP contribution in [-0.2, 0) is 49.4 Å². The van der Waals surface area contributed by atoms with Crippen LogP contribution < -0.4 is 4.74 Å². The third kappa shape index (κ3) is 3.37. The maximum atomic E-state index is 14.4. The zero-order valence-corrected chi connectivity index (χ0v) is 27.5. The number of esters is 3. The van der Waals surface area contributed by atoms with Crippen molar-refractivity contribution in [2.24, 2.45) is 28.1 Å². The van der Waals surface area contributed by atoms with E-state index < -0.39 is 100 Å². The Bertz CT molecular complexity index is 1570. The van der Waals surface area contributed by atoms with Gasteiger partial charge in [0.25, 0.3) is 0 Å². The Morgan fingerprint density at radius 3 is 2.33 bits per heavy atom. The molecule has 48 heavy (non-hydrogen) atoms. The number of benzene rings is 1. The number of methoxy groups -OCH3 is 1. The lowest BCUT2D eigenvalue weighted by Gasteiger charge is -2.48. The van der Waals surface area contributed by atoms with E-state index in [9.17, 15) is 29.4 Å². The van der Waals surface area contributed by atoms with Gasteiger partial charge < -0.3 is 48.3 Å². The quantitative estimate of drug-likeness (QED) is 0.340. The summed E-state index contributed by atoms with van der Waals surface area (Å²) in [6.07, 6.45) is -7.19. The van der Waals surface area contributed by atoms with Gasteiger partial charge in [0.1, 0.15) is 18.0 Å². The molecule has 0 aromatic heterocycles. The van der Waals surface area contributed by atoms with Gasteiger partial charge in [0.2, 0.25) is 11.9 Å². The molecule has 5 aliphatic heterocycles. The van der Waals surface area contributed by atoms with Crippen molar-refractivity contribution in [1.82, 2.24) is 4.90 Å². The largest absolute Gasteiger partial charge is 0.497 e. The first-order valence-electron chi connectivity index (χ1n) is 16.6. The van der Waals surface area contributed by atoms with Gasteiger partial charge in [-0.3, -0.25) is 4.79 Å². The minimum atomic E-state index is -2.44. The van der Waals surface area contributed by atoms with Crippen LogP contribution in [0, 0.1) is 28.1 Å². The number of carbonyl (C=O) groups is 4. The number of aliphatic hydroxyl groups excluding tert-OH is 1. The van der Waals surface area contributed by atoms with Crippen LogP contribution in [0.3, 0.4) is 0 Å². The summed E-state index contributed by atoms with van der Waals surface area (Å²) >= 11 is 0.